The first kappa shape index (κ1) is 17.7. The van der Waals surface area contributed by atoms with Crippen LogP contribution in [0.3, 0.4) is 0 Å². The molecule has 0 aliphatic carbocycles. The molecule has 0 aliphatic heterocycles. The number of hydrogen-bond donors (Lipinski definition) is 1. The van der Waals surface area contributed by atoms with Crippen LogP contribution in [0.1, 0.15) is 56.4 Å². The maximum atomic E-state index is 12.3. The summed E-state index contributed by atoms with van der Waals surface area (Å²) in [5, 5.41) is 7.83. The standard InChI is InChI=1S/C18H19N3O5/c1-8-6-13(12(5)25-8)17-21-20-14(26-17)7-24-18(23)16-9(2)15(11(4)22)10(3)19-16/h6,19H,7H2,1-5H3. The number of nitrogens with one attached hydrogen (secondary N) is 1. The van der Waals surface area contributed by atoms with Gasteiger partial charge in [0.2, 0.25) is 0 Å². The first-order chi connectivity index (χ1) is 12.3. The Balaban J connectivity index is 1.72. The van der Waals surface area contributed by atoms with Gasteiger partial charge < -0.3 is 18.6 Å². The largest absolute Gasteiger partial charge is 0.466 e. The maximum absolute atomic E-state index is 12.3. The molecule has 136 valence electrons. The van der Waals surface area contributed by atoms with Crippen LogP contribution < -0.4 is 0 Å². The normalized spacial score (nSPS) is 11.0. The van der Waals surface area contributed by atoms with Gasteiger partial charge in [0.1, 0.15) is 17.2 Å². The topological polar surface area (TPSA) is 111 Å². The van der Waals surface area contributed by atoms with Crippen molar-refractivity contribution < 1.29 is 23.2 Å². The number of ether oxygens (including phenoxy) is 1. The molecule has 0 unspecified atom stereocenters. The highest BCUT2D eigenvalue weighted by molar-refractivity contribution is 6.01. The Morgan fingerprint density at radius 2 is 1.88 bits per heavy atom. The van der Waals surface area contributed by atoms with E-state index in [-0.39, 0.29) is 24.0 Å². The zero-order chi connectivity index (χ0) is 19.0. The molecular weight excluding hydrogens is 338 g/mol. The summed E-state index contributed by atoms with van der Waals surface area (Å²) in [6.45, 7) is 8.35. The lowest BCUT2D eigenvalue weighted by atomic mass is 10.1. The van der Waals surface area contributed by atoms with Gasteiger partial charge in [-0.05, 0) is 46.2 Å². The molecule has 0 aliphatic rings. The van der Waals surface area contributed by atoms with E-state index in [1.165, 1.54) is 6.92 Å². The first-order valence-corrected chi connectivity index (χ1v) is 8.05. The van der Waals surface area contributed by atoms with E-state index in [1.807, 2.05) is 6.92 Å². The number of carbonyl (C=O) groups excluding carboxylic acids is 2. The van der Waals surface area contributed by atoms with Crippen LogP contribution in [-0.2, 0) is 11.3 Å². The second kappa shape index (κ2) is 6.62. The lowest BCUT2D eigenvalue weighted by molar-refractivity contribution is 0.0431. The van der Waals surface area contributed by atoms with Gasteiger partial charge in [0.25, 0.3) is 11.8 Å². The minimum absolute atomic E-state index is 0.109. The van der Waals surface area contributed by atoms with E-state index < -0.39 is 5.97 Å². The number of rotatable bonds is 5. The molecule has 8 nitrogen and oxygen atoms in total. The number of esters is 1. The Bertz CT molecular complexity index is 993. The van der Waals surface area contributed by atoms with E-state index in [1.54, 1.807) is 26.8 Å². The van der Waals surface area contributed by atoms with E-state index >= 15 is 0 Å². The molecule has 0 bridgehead atoms. The Labute approximate surface area is 149 Å². The fraction of sp³-hybridized carbons (Fsp3) is 0.333. The number of aromatic nitrogens is 3. The maximum Gasteiger partial charge on any atom is 0.355 e. The Kier molecular flexibility index (Phi) is 4.50. The van der Waals surface area contributed by atoms with Crippen LogP contribution >= 0.6 is 0 Å². The van der Waals surface area contributed by atoms with E-state index in [0.29, 0.717) is 34.0 Å². The number of carbonyl (C=O) groups is 2. The molecule has 0 aromatic carbocycles. The van der Waals surface area contributed by atoms with Crippen molar-refractivity contribution >= 4 is 11.8 Å². The molecule has 0 saturated heterocycles. The average molecular weight is 357 g/mol. The summed E-state index contributed by atoms with van der Waals surface area (Å²) >= 11 is 0. The lowest BCUT2D eigenvalue weighted by Crippen LogP contribution is -2.08. The lowest BCUT2D eigenvalue weighted by Gasteiger charge is -2.01. The summed E-state index contributed by atoms with van der Waals surface area (Å²) in [6.07, 6.45) is 0. The highest BCUT2D eigenvalue weighted by Gasteiger charge is 2.22. The van der Waals surface area contributed by atoms with Gasteiger partial charge in [0, 0.05) is 11.3 Å². The Morgan fingerprint density at radius 1 is 1.15 bits per heavy atom. The molecule has 0 spiro atoms. The van der Waals surface area contributed by atoms with Crippen molar-refractivity contribution in [1.29, 1.82) is 0 Å². The third-order valence-electron chi connectivity index (χ3n) is 4.06. The number of aryl methyl sites for hydroxylation is 3. The van der Waals surface area contributed by atoms with Gasteiger partial charge in [-0.25, -0.2) is 4.79 Å². The molecule has 0 saturated carbocycles. The summed E-state index contributed by atoms with van der Waals surface area (Å²) in [4.78, 5) is 26.8. The number of nitrogens with zero attached hydrogens (tertiary/aromatic N) is 2. The summed E-state index contributed by atoms with van der Waals surface area (Å²) in [5.41, 5.74) is 2.65. The summed E-state index contributed by atoms with van der Waals surface area (Å²) < 4.78 is 16.2. The second-order valence-corrected chi connectivity index (χ2v) is 6.09. The van der Waals surface area contributed by atoms with Crippen molar-refractivity contribution in [2.75, 3.05) is 0 Å². The Hall–Kier alpha value is -3.16. The third-order valence-corrected chi connectivity index (χ3v) is 4.06. The van der Waals surface area contributed by atoms with E-state index in [4.69, 9.17) is 13.6 Å². The minimum atomic E-state index is -0.590. The van der Waals surface area contributed by atoms with Crippen molar-refractivity contribution in [2.24, 2.45) is 0 Å². The number of Topliss-reactive ketones (excluding diaryl/α,β-unsaturated/α-hetero) is 1. The van der Waals surface area contributed by atoms with Crippen LogP contribution in [0.5, 0.6) is 0 Å². The Morgan fingerprint density at radius 3 is 2.46 bits per heavy atom. The molecule has 3 rings (SSSR count). The number of furan rings is 1. The number of H-pyrrole nitrogens is 1. The van der Waals surface area contributed by atoms with E-state index in [2.05, 4.69) is 15.2 Å². The molecule has 0 amide bonds. The van der Waals surface area contributed by atoms with Crippen molar-refractivity contribution in [2.45, 2.75) is 41.2 Å². The van der Waals surface area contributed by atoms with Crippen LogP contribution in [0.4, 0.5) is 0 Å². The summed E-state index contributed by atoms with van der Waals surface area (Å²) in [5.74, 6) is 1.18. The zero-order valence-corrected chi connectivity index (χ0v) is 15.2. The summed E-state index contributed by atoms with van der Waals surface area (Å²) in [7, 11) is 0. The van der Waals surface area contributed by atoms with Gasteiger partial charge in [0.15, 0.2) is 12.4 Å². The molecular formula is C18H19N3O5. The SMILES string of the molecule is CC(=O)c1c(C)[nH]c(C(=O)OCc2nnc(-c3cc(C)oc3C)o2)c1C. The van der Waals surface area contributed by atoms with Crippen LogP contribution in [0.25, 0.3) is 11.5 Å². The predicted octanol–water partition coefficient (Wildman–Crippen LogP) is 3.45. The predicted molar refractivity (Wildman–Crippen MR) is 90.9 cm³/mol. The molecule has 0 atom stereocenters. The van der Waals surface area contributed by atoms with Crippen molar-refractivity contribution in [3.63, 3.8) is 0 Å². The molecule has 3 heterocycles. The van der Waals surface area contributed by atoms with Crippen molar-refractivity contribution in [3.05, 3.63) is 46.0 Å². The van der Waals surface area contributed by atoms with Gasteiger partial charge in [-0.15, -0.1) is 10.2 Å². The highest BCUT2D eigenvalue weighted by Crippen LogP contribution is 2.25. The van der Waals surface area contributed by atoms with Crippen LogP contribution in [-0.4, -0.2) is 26.9 Å². The number of ketones is 1. The van der Waals surface area contributed by atoms with Gasteiger partial charge in [0.05, 0.1) is 5.56 Å². The quantitative estimate of drug-likeness (QED) is 0.550. The summed E-state index contributed by atoms with van der Waals surface area (Å²) in [6, 6.07) is 1.80. The van der Waals surface area contributed by atoms with Gasteiger partial charge >= 0.3 is 5.97 Å². The van der Waals surface area contributed by atoms with Crippen LogP contribution in [0, 0.1) is 27.7 Å². The molecule has 0 radical (unpaired) electrons. The highest BCUT2D eigenvalue weighted by atomic mass is 16.5. The second-order valence-electron chi connectivity index (χ2n) is 6.09. The van der Waals surface area contributed by atoms with E-state index in [9.17, 15) is 9.59 Å². The number of aromatic amines is 1. The van der Waals surface area contributed by atoms with E-state index in [0.717, 1.165) is 5.76 Å². The minimum Gasteiger partial charge on any atom is -0.466 e. The molecule has 26 heavy (non-hydrogen) atoms. The van der Waals surface area contributed by atoms with Gasteiger partial charge in [-0.3, -0.25) is 4.79 Å². The molecule has 1 N–H and O–H groups in total. The molecule has 3 aromatic rings. The first-order valence-electron chi connectivity index (χ1n) is 8.05. The van der Waals surface area contributed by atoms with Crippen molar-refractivity contribution in [1.82, 2.24) is 15.2 Å². The molecule has 0 fully saturated rings. The average Bonchev–Trinajstić information content (AvgIpc) is 3.22. The van der Waals surface area contributed by atoms with Gasteiger partial charge in [-0.2, -0.15) is 0 Å². The van der Waals surface area contributed by atoms with Gasteiger partial charge in [-0.1, -0.05) is 0 Å². The number of hydrogen-bond acceptors (Lipinski definition) is 7. The monoisotopic (exact) mass is 357 g/mol. The van der Waals surface area contributed by atoms with Crippen LogP contribution in [0.15, 0.2) is 14.9 Å². The third kappa shape index (κ3) is 3.17. The van der Waals surface area contributed by atoms with Crippen molar-refractivity contribution in [3.8, 4) is 11.5 Å². The fourth-order valence-electron chi connectivity index (χ4n) is 2.95. The zero-order valence-electron chi connectivity index (χ0n) is 15.2. The molecule has 8 heteroatoms. The molecule has 3 aromatic heterocycles. The fourth-order valence-corrected chi connectivity index (χ4v) is 2.95. The smallest absolute Gasteiger partial charge is 0.355 e. The van der Waals surface area contributed by atoms with Crippen LogP contribution in [0.2, 0.25) is 0 Å².